The molecule has 0 bridgehead atoms. The first-order chi connectivity index (χ1) is 27.4. The van der Waals surface area contributed by atoms with E-state index >= 15 is 0 Å². The predicted octanol–water partition coefficient (Wildman–Crippen LogP) is 13.4. The number of fused-ring (bicyclic) bond motifs is 7. The Bertz CT molecular complexity index is 2840. The minimum atomic E-state index is 0.00765. The molecule has 8 aromatic rings. The highest BCUT2D eigenvalue weighted by Gasteiger charge is 2.33. The van der Waals surface area contributed by atoms with Crippen molar-refractivity contribution in [1.82, 2.24) is 9.55 Å². The maximum absolute atomic E-state index is 6.62. The minimum absolute atomic E-state index is 0.00765. The number of rotatable bonds is 5. The van der Waals surface area contributed by atoms with Gasteiger partial charge in [0.2, 0.25) is 0 Å². The van der Waals surface area contributed by atoms with Crippen molar-refractivity contribution >= 4 is 73.8 Å². The summed E-state index contributed by atoms with van der Waals surface area (Å²) < 4.78 is 8.88. The fourth-order valence-electron chi connectivity index (χ4n) is 8.06. The van der Waals surface area contributed by atoms with E-state index in [-0.39, 0.29) is 5.41 Å². The maximum Gasteiger partial charge on any atom is 0.137 e. The van der Waals surface area contributed by atoms with E-state index in [0.29, 0.717) is 6.67 Å². The van der Waals surface area contributed by atoms with Crippen molar-refractivity contribution in [1.29, 1.82) is 0 Å². The van der Waals surface area contributed by atoms with Crippen molar-refractivity contribution in [2.24, 2.45) is 0 Å². The second-order valence-electron chi connectivity index (χ2n) is 15.4. The number of hydrogen-bond donors (Lipinski definition) is 0. The molecular weight excluding hydrogens is 727 g/mol. The molecule has 0 amide bonds. The van der Waals surface area contributed by atoms with E-state index in [1.54, 1.807) is 0 Å². The van der Waals surface area contributed by atoms with Gasteiger partial charge in [0.15, 0.2) is 0 Å². The average molecular weight is 764 g/mol. The summed E-state index contributed by atoms with van der Waals surface area (Å²) in [7, 11) is 0. The third-order valence-corrected chi connectivity index (χ3v) is 13.0. The summed E-state index contributed by atoms with van der Waals surface area (Å²) in [5.41, 5.74) is 9.44. The highest BCUT2D eigenvalue weighted by molar-refractivity contribution is 8.00. The Kier molecular flexibility index (Phi) is 7.56. The van der Waals surface area contributed by atoms with E-state index in [2.05, 4.69) is 186 Å². The molecule has 0 unspecified atom stereocenters. The van der Waals surface area contributed by atoms with Crippen molar-refractivity contribution in [3.8, 4) is 17.3 Å². The molecule has 3 aliphatic heterocycles. The summed E-state index contributed by atoms with van der Waals surface area (Å²) >= 11 is 3.72. The SMILES string of the molecule is CC(C)(C)c1ccnc(-n2c3ccccc3c3ccc(Oc4cccc(N5C=CN(c6cc7c8c(c6)Sc6ccccc6N8c6ccccc6S7)C5)c4)cc32)c1. The second kappa shape index (κ2) is 12.7. The van der Waals surface area contributed by atoms with Gasteiger partial charge >= 0.3 is 0 Å². The van der Waals surface area contributed by atoms with Crippen LogP contribution in [0.5, 0.6) is 11.5 Å². The summed E-state index contributed by atoms with van der Waals surface area (Å²) in [5.74, 6) is 2.47. The van der Waals surface area contributed by atoms with Crippen LogP contribution in [0.2, 0.25) is 0 Å². The van der Waals surface area contributed by atoms with Gasteiger partial charge in [-0.2, -0.15) is 0 Å². The van der Waals surface area contributed by atoms with Gasteiger partial charge in [0.05, 0.1) is 34.8 Å². The Labute approximate surface area is 334 Å². The first-order valence-corrected chi connectivity index (χ1v) is 20.5. The van der Waals surface area contributed by atoms with Gasteiger partial charge in [0.1, 0.15) is 17.3 Å². The van der Waals surface area contributed by atoms with E-state index in [9.17, 15) is 0 Å². The summed E-state index contributed by atoms with van der Waals surface area (Å²) in [4.78, 5) is 17.0. The summed E-state index contributed by atoms with van der Waals surface area (Å²) in [6.07, 6.45) is 6.25. The van der Waals surface area contributed by atoms with Crippen LogP contribution in [0.25, 0.3) is 27.6 Å². The van der Waals surface area contributed by atoms with Crippen molar-refractivity contribution in [3.05, 3.63) is 164 Å². The number of anilines is 5. The van der Waals surface area contributed by atoms with Crippen LogP contribution in [0.15, 0.2) is 178 Å². The molecule has 0 radical (unpaired) electrons. The van der Waals surface area contributed by atoms with Crippen molar-refractivity contribution in [2.75, 3.05) is 21.4 Å². The molecule has 2 aromatic heterocycles. The van der Waals surface area contributed by atoms with Gasteiger partial charge in [-0.05, 0) is 89.8 Å². The van der Waals surface area contributed by atoms with E-state index in [0.717, 1.165) is 34.0 Å². The molecule has 0 fully saturated rings. The van der Waals surface area contributed by atoms with Crippen molar-refractivity contribution < 1.29 is 4.74 Å². The monoisotopic (exact) mass is 763 g/mol. The number of aromatic nitrogens is 2. The topological polar surface area (TPSA) is 36.8 Å². The van der Waals surface area contributed by atoms with Gasteiger partial charge in [0.25, 0.3) is 0 Å². The Hall–Kier alpha value is -6.09. The van der Waals surface area contributed by atoms with Gasteiger partial charge in [0, 0.05) is 72.5 Å². The molecule has 0 spiro atoms. The molecule has 6 nitrogen and oxygen atoms in total. The zero-order chi connectivity index (χ0) is 37.5. The molecule has 8 heteroatoms. The van der Waals surface area contributed by atoms with Gasteiger partial charge < -0.3 is 19.4 Å². The van der Waals surface area contributed by atoms with E-state index in [1.165, 1.54) is 58.7 Å². The Balaban J connectivity index is 0.885. The van der Waals surface area contributed by atoms with Gasteiger partial charge in [-0.3, -0.25) is 4.57 Å². The van der Waals surface area contributed by atoms with E-state index in [1.807, 2.05) is 35.8 Å². The molecule has 5 heterocycles. The van der Waals surface area contributed by atoms with Crippen LogP contribution in [0.4, 0.5) is 28.4 Å². The highest BCUT2D eigenvalue weighted by Crippen LogP contribution is 2.60. The lowest BCUT2D eigenvalue weighted by Crippen LogP contribution is -2.25. The zero-order valence-corrected chi connectivity index (χ0v) is 32.8. The molecule has 6 aromatic carbocycles. The Morgan fingerprint density at radius 3 is 1.98 bits per heavy atom. The molecule has 0 saturated heterocycles. The second-order valence-corrected chi connectivity index (χ2v) is 17.6. The fraction of sp³-hybridized carbons (Fsp3) is 0.104. The van der Waals surface area contributed by atoms with Crippen LogP contribution >= 0.6 is 23.5 Å². The van der Waals surface area contributed by atoms with Crippen LogP contribution < -0.4 is 19.4 Å². The first-order valence-electron chi connectivity index (χ1n) is 18.9. The van der Waals surface area contributed by atoms with Crippen LogP contribution in [-0.2, 0) is 5.41 Å². The predicted molar refractivity (Wildman–Crippen MR) is 232 cm³/mol. The lowest BCUT2D eigenvalue weighted by Gasteiger charge is -2.39. The molecule has 0 saturated carbocycles. The normalized spacial score (nSPS) is 14.3. The van der Waals surface area contributed by atoms with Gasteiger partial charge in [-0.25, -0.2) is 4.98 Å². The quantitative estimate of drug-likeness (QED) is 0.173. The lowest BCUT2D eigenvalue weighted by molar-refractivity contribution is 0.483. The van der Waals surface area contributed by atoms with Gasteiger partial charge in [-0.1, -0.05) is 92.8 Å². The van der Waals surface area contributed by atoms with Crippen molar-refractivity contribution in [2.45, 2.75) is 45.8 Å². The Morgan fingerprint density at radius 1 is 0.571 bits per heavy atom. The zero-order valence-electron chi connectivity index (χ0n) is 31.2. The van der Waals surface area contributed by atoms with Crippen LogP contribution in [0, 0.1) is 0 Å². The third-order valence-electron chi connectivity index (χ3n) is 10.8. The molecule has 272 valence electrons. The molecule has 56 heavy (non-hydrogen) atoms. The standard InChI is InChI=1S/C48H37N5OS2/c1-48(2,3)31-21-22-49-46(25-31)52-38-14-5-4-13-36(38)37-20-19-35(29-41(37)52)54-34-12-10-11-32(26-34)50-23-24-51(30-50)33-27-44-47-45(28-33)56-43-18-9-7-16-40(43)53(47)39-15-6-8-17-42(39)55-44/h4-29H,30H2,1-3H3. The maximum atomic E-state index is 6.62. The first kappa shape index (κ1) is 33.3. The van der Waals surface area contributed by atoms with Crippen LogP contribution in [0.1, 0.15) is 26.3 Å². The molecule has 0 atom stereocenters. The number of nitrogens with zero attached hydrogens (tertiary/aromatic N) is 5. The summed E-state index contributed by atoms with van der Waals surface area (Å²) in [5, 5.41) is 2.36. The molecule has 11 rings (SSSR count). The Morgan fingerprint density at radius 2 is 1.23 bits per heavy atom. The van der Waals surface area contributed by atoms with E-state index in [4.69, 9.17) is 9.72 Å². The number of ether oxygens (including phenoxy) is 1. The number of hydrogen-bond acceptors (Lipinski definition) is 7. The van der Waals surface area contributed by atoms with Crippen LogP contribution in [0.3, 0.4) is 0 Å². The average Bonchev–Trinajstić information content (AvgIpc) is 3.84. The smallest absolute Gasteiger partial charge is 0.137 e. The summed E-state index contributed by atoms with van der Waals surface area (Å²) in [6.45, 7) is 7.41. The fourth-order valence-corrected chi connectivity index (χ4v) is 10.4. The number of pyridine rings is 1. The molecular formula is C48H37N5OS2. The molecule has 0 aliphatic carbocycles. The molecule has 3 aliphatic rings. The van der Waals surface area contributed by atoms with Crippen LogP contribution in [-0.4, -0.2) is 16.2 Å². The largest absolute Gasteiger partial charge is 0.457 e. The van der Waals surface area contributed by atoms with Gasteiger partial charge in [-0.15, -0.1) is 0 Å². The van der Waals surface area contributed by atoms with Crippen molar-refractivity contribution in [3.63, 3.8) is 0 Å². The summed E-state index contributed by atoms with van der Waals surface area (Å²) in [6, 6.07) is 49.7. The highest BCUT2D eigenvalue weighted by atomic mass is 32.2. The molecule has 0 N–H and O–H groups in total. The third kappa shape index (κ3) is 5.46. The number of para-hydroxylation sites is 3. The lowest BCUT2D eigenvalue weighted by atomic mass is 9.88. The van der Waals surface area contributed by atoms with E-state index < -0.39 is 0 Å². The number of benzene rings is 6. The minimum Gasteiger partial charge on any atom is -0.457 e.